The van der Waals surface area contributed by atoms with E-state index in [4.69, 9.17) is 9.47 Å². The van der Waals surface area contributed by atoms with Gasteiger partial charge in [-0.15, -0.1) is 0 Å². The first kappa shape index (κ1) is 8.74. The van der Waals surface area contributed by atoms with Crippen LogP contribution >= 0.6 is 0 Å². The fraction of sp³-hybridized carbons (Fsp3) is 0.286. The molecular formula is C14H12O2. The van der Waals surface area contributed by atoms with E-state index in [1.165, 1.54) is 5.56 Å². The van der Waals surface area contributed by atoms with Crippen LogP contribution in [0, 0.1) is 0 Å². The first-order chi connectivity index (χ1) is 7.90. The Morgan fingerprint density at radius 3 is 2.75 bits per heavy atom. The van der Waals surface area contributed by atoms with Gasteiger partial charge in [0, 0.05) is 0 Å². The van der Waals surface area contributed by atoms with E-state index < -0.39 is 0 Å². The van der Waals surface area contributed by atoms with Crippen LogP contribution in [-0.4, -0.2) is 17.8 Å². The third-order valence-corrected chi connectivity index (χ3v) is 3.54. The van der Waals surface area contributed by atoms with Crippen molar-refractivity contribution in [2.75, 3.05) is 0 Å². The monoisotopic (exact) mass is 212 g/mol. The zero-order chi connectivity index (χ0) is 10.6. The third-order valence-electron chi connectivity index (χ3n) is 3.54. The Hall–Kier alpha value is -1.38. The van der Waals surface area contributed by atoms with Gasteiger partial charge in [0.25, 0.3) is 0 Å². The maximum atomic E-state index is 5.78. The highest BCUT2D eigenvalue weighted by Crippen LogP contribution is 2.57. The van der Waals surface area contributed by atoms with Crippen LogP contribution in [0.5, 0.6) is 0 Å². The molecule has 2 aliphatic heterocycles. The Bertz CT molecular complexity index is 477. The Balaban J connectivity index is 1.58. The van der Waals surface area contributed by atoms with Gasteiger partial charge >= 0.3 is 0 Å². The summed E-state index contributed by atoms with van der Waals surface area (Å²) in [5.41, 5.74) is 1.09. The zero-order valence-electron chi connectivity index (χ0n) is 8.74. The highest BCUT2D eigenvalue weighted by molar-refractivity contribution is 5.38. The summed E-state index contributed by atoms with van der Waals surface area (Å²) in [5.74, 6) is 0. The standard InChI is InChI=1S/C14H12O2/c1-2-6-10(7-3-1)12-13(15-12)14-9-5-4-8-11(14)16-14/h1-9,11-13H. The lowest BCUT2D eigenvalue weighted by molar-refractivity contribution is 0.269. The number of ether oxygens (including phenoxy) is 2. The molecule has 2 saturated heterocycles. The fourth-order valence-corrected chi connectivity index (χ4v) is 2.56. The van der Waals surface area contributed by atoms with Crippen LogP contribution in [0.2, 0.25) is 0 Å². The molecule has 3 aliphatic rings. The minimum absolute atomic E-state index is 0.157. The molecule has 0 bridgehead atoms. The maximum Gasteiger partial charge on any atom is 0.146 e. The largest absolute Gasteiger partial charge is 0.361 e. The summed E-state index contributed by atoms with van der Waals surface area (Å²) in [5, 5.41) is 0. The van der Waals surface area contributed by atoms with Gasteiger partial charge in [-0.05, 0) is 11.6 Å². The van der Waals surface area contributed by atoms with E-state index in [9.17, 15) is 0 Å². The molecule has 0 aromatic heterocycles. The lowest BCUT2D eigenvalue weighted by atomic mass is 9.93. The van der Waals surface area contributed by atoms with E-state index in [0.717, 1.165) is 0 Å². The minimum atomic E-state index is -0.157. The van der Waals surface area contributed by atoms with E-state index in [-0.39, 0.29) is 23.9 Å². The normalized spacial score (nSPS) is 42.9. The first-order valence-corrected chi connectivity index (χ1v) is 5.64. The number of hydrogen-bond acceptors (Lipinski definition) is 2. The van der Waals surface area contributed by atoms with Gasteiger partial charge in [-0.1, -0.05) is 48.6 Å². The summed E-state index contributed by atoms with van der Waals surface area (Å²) >= 11 is 0. The number of fused-ring (bicyclic) bond motifs is 1. The summed E-state index contributed by atoms with van der Waals surface area (Å²) < 4.78 is 11.5. The second kappa shape index (κ2) is 2.84. The van der Waals surface area contributed by atoms with Gasteiger partial charge in [-0.3, -0.25) is 0 Å². The molecule has 2 heterocycles. The molecule has 2 heteroatoms. The van der Waals surface area contributed by atoms with Crippen molar-refractivity contribution in [2.24, 2.45) is 0 Å². The first-order valence-electron chi connectivity index (χ1n) is 5.64. The van der Waals surface area contributed by atoms with E-state index in [0.29, 0.717) is 0 Å². The van der Waals surface area contributed by atoms with Crippen molar-refractivity contribution in [3.8, 4) is 0 Å². The van der Waals surface area contributed by atoms with Gasteiger partial charge in [0.05, 0.1) is 0 Å². The summed E-state index contributed by atoms with van der Waals surface area (Å²) in [4.78, 5) is 0. The lowest BCUT2D eigenvalue weighted by Gasteiger charge is -2.04. The van der Waals surface area contributed by atoms with Crippen LogP contribution < -0.4 is 0 Å². The number of benzene rings is 1. The molecule has 2 nitrogen and oxygen atoms in total. The molecule has 2 fully saturated rings. The van der Waals surface area contributed by atoms with Gasteiger partial charge in [-0.2, -0.15) is 0 Å². The van der Waals surface area contributed by atoms with Crippen LogP contribution in [0.1, 0.15) is 11.7 Å². The Labute approximate surface area is 94.2 Å². The topological polar surface area (TPSA) is 25.1 Å². The van der Waals surface area contributed by atoms with Gasteiger partial charge in [-0.25, -0.2) is 0 Å². The van der Waals surface area contributed by atoms with Crippen LogP contribution in [0.3, 0.4) is 0 Å². The molecule has 0 spiro atoms. The van der Waals surface area contributed by atoms with Crippen molar-refractivity contribution in [2.45, 2.75) is 23.9 Å². The summed E-state index contributed by atoms with van der Waals surface area (Å²) in [6, 6.07) is 10.3. The molecule has 1 aromatic carbocycles. The molecule has 0 amide bonds. The molecule has 0 saturated carbocycles. The summed E-state index contributed by atoms with van der Waals surface area (Å²) in [7, 11) is 0. The molecule has 4 unspecified atom stereocenters. The van der Waals surface area contributed by atoms with E-state index >= 15 is 0 Å². The number of allylic oxidation sites excluding steroid dienone is 2. The molecular weight excluding hydrogens is 200 g/mol. The van der Waals surface area contributed by atoms with Crippen molar-refractivity contribution < 1.29 is 9.47 Å². The average Bonchev–Trinajstić information content (AvgIpc) is 3.22. The second-order valence-corrected chi connectivity index (χ2v) is 4.52. The molecule has 4 atom stereocenters. The maximum absolute atomic E-state index is 5.78. The van der Waals surface area contributed by atoms with Crippen molar-refractivity contribution in [3.05, 3.63) is 60.2 Å². The molecule has 1 aliphatic carbocycles. The number of rotatable bonds is 2. The Morgan fingerprint density at radius 2 is 1.94 bits per heavy atom. The molecule has 4 rings (SSSR count). The average molecular weight is 212 g/mol. The quantitative estimate of drug-likeness (QED) is 0.703. The second-order valence-electron chi connectivity index (χ2n) is 4.52. The predicted molar refractivity (Wildman–Crippen MR) is 59.9 cm³/mol. The van der Waals surface area contributed by atoms with Crippen molar-refractivity contribution >= 4 is 0 Å². The predicted octanol–water partition coefficient (Wildman–Crippen LogP) is 2.39. The molecule has 0 N–H and O–H groups in total. The highest BCUT2D eigenvalue weighted by atomic mass is 16.7. The fourth-order valence-electron chi connectivity index (χ4n) is 2.56. The molecule has 80 valence electrons. The number of epoxide rings is 2. The van der Waals surface area contributed by atoms with E-state index in [2.05, 4.69) is 24.3 Å². The zero-order valence-corrected chi connectivity index (χ0v) is 8.74. The SMILES string of the molecule is C1=CC2OC2(C2OC2c2ccccc2)C=C1. The van der Waals surface area contributed by atoms with Crippen molar-refractivity contribution in [3.63, 3.8) is 0 Å². The van der Waals surface area contributed by atoms with Gasteiger partial charge < -0.3 is 9.47 Å². The van der Waals surface area contributed by atoms with Crippen LogP contribution in [-0.2, 0) is 9.47 Å². The Morgan fingerprint density at radius 1 is 1.06 bits per heavy atom. The van der Waals surface area contributed by atoms with E-state index in [1.54, 1.807) is 0 Å². The smallest absolute Gasteiger partial charge is 0.146 e. The minimum Gasteiger partial charge on any atom is -0.361 e. The van der Waals surface area contributed by atoms with Crippen LogP contribution in [0.15, 0.2) is 54.6 Å². The third kappa shape index (κ3) is 1.09. The van der Waals surface area contributed by atoms with Crippen molar-refractivity contribution in [1.29, 1.82) is 0 Å². The van der Waals surface area contributed by atoms with Gasteiger partial charge in [0.15, 0.2) is 0 Å². The van der Waals surface area contributed by atoms with Gasteiger partial charge in [0.2, 0.25) is 0 Å². The lowest BCUT2D eigenvalue weighted by Crippen LogP contribution is -2.21. The van der Waals surface area contributed by atoms with Crippen LogP contribution in [0.25, 0.3) is 0 Å². The molecule has 0 radical (unpaired) electrons. The van der Waals surface area contributed by atoms with Gasteiger partial charge in [0.1, 0.15) is 23.9 Å². The van der Waals surface area contributed by atoms with Crippen molar-refractivity contribution in [1.82, 2.24) is 0 Å². The van der Waals surface area contributed by atoms with Crippen LogP contribution in [0.4, 0.5) is 0 Å². The number of hydrogen-bond donors (Lipinski definition) is 0. The summed E-state index contributed by atoms with van der Waals surface area (Å²) in [6.07, 6.45) is 8.96. The molecule has 16 heavy (non-hydrogen) atoms. The highest BCUT2D eigenvalue weighted by Gasteiger charge is 2.68. The Kier molecular flexibility index (Phi) is 1.55. The molecule has 1 aromatic rings. The van der Waals surface area contributed by atoms with E-state index in [1.807, 2.05) is 30.4 Å². The summed E-state index contributed by atoms with van der Waals surface area (Å²) in [6.45, 7) is 0.